The van der Waals surface area contributed by atoms with Gasteiger partial charge in [0.2, 0.25) is 0 Å². The van der Waals surface area contributed by atoms with Crippen LogP contribution in [0.15, 0.2) is 46.9 Å². The van der Waals surface area contributed by atoms with Gasteiger partial charge in [-0.3, -0.25) is 4.79 Å². The number of hydrogen-bond donors (Lipinski definition) is 1. The monoisotopic (exact) mass is 341 g/mol. The highest BCUT2D eigenvalue weighted by molar-refractivity contribution is 9.10. The minimum Gasteiger partial charge on any atom is -0.322 e. The molecule has 0 fully saturated rings. The highest BCUT2D eigenvalue weighted by atomic mass is 79.9. The van der Waals surface area contributed by atoms with E-state index >= 15 is 0 Å². The van der Waals surface area contributed by atoms with Crippen molar-refractivity contribution in [3.05, 3.63) is 63.9 Å². The van der Waals surface area contributed by atoms with E-state index in [9.17, 15) is 9.18 Å². The smallest absolute Gasteiger partial charge is 0.256 e. The molecule has 0 aromatic heterocycles. The van der Waals surface area contributed by atoms with Gasteiger partial charge < -0.3 is 5.32 Å². The Hall–Kier alpha value is -1.39. The average molecular weight is 343 g/mol. The van der Waals surface area contributed by atoms with Gasteiger partial charge in [0, 0.05) is 11.6 Å². The number of carbonyl (C=O) groups is 1. The summed E-state index contributed by atoms with van der Waals surface area (Å²) in [6, 6.07) is 11.5. The topological polar surface area (TPSA) is 29.1 Å². The molecule has 1 amide bonds. The second-order valence-corrected chi connectivity index (χ2v) is 4.91. The normalized spacial score (nSPS) is 10.3. The third-order valence-electron chi connectivity index (χ3n) is 2.61. The van der Waals surface area contributed by atoms with E-state index in [0.717, 1.165) is 5.56 Å². The van der Waals surface area contributed by atoms with Crippen LogP contribution in [-0.2, 0) is 5.88 Å². The van der Waals surface area contributed by atoms with Crippen molar-refractivity contribution in [2.24, 2.45) is 0 Å². The van der Waals surface area contributed by atoms with Crippen molar-refractivity contribution in [3.8, 4) is 0 Å². The maximum absolute atomic E-state index is 13.4. The molecule has 0 aliphatic rings. The number of rotatable bonds is 3. The number of alkyl halides is 1. The molecule has 1 N–H and O–H groups in total. The molecule has 0 heterocycles. The molecule has 2 aromatic rings. The Morgan fingerprint density at radius 3 is 2.68 bits per heavy atom. The maximum atomic E-state index is 13.4. The van der Waals surface area contributed by atoms with Crippen molar-refractivity contribution >= 4 is 39.1 Å². The fourth-order valence-electron chi connectivity index (χ4n) is 1.63. The number of nitrogens with one attached hydrogen (secondary N) is 1. The largest absolute Gasteiger partial charge is 0.322 e. The summed E-state index contributed by atoms with van der Waals surface area (Å²) in [7, 11) is 0. The zero-order valence-corrected chi connectivity index (χ0v) is 12.1. The summed E-state index contributed by atoms with van der Waals surface area (Å²) in [5.74, 6) is -0.567. The molecule has 2 aromatic carbocycles. The first-order chi connectivity index (χ1) is 9.13. The lowest BCUT2D eigenvalue weighted by Gasteiger charge is -2.10. The summed E-state index contributed by atoms with van der Waals surface area (Å²) in [6.07, 6.45) is 0. The summed E-state index contributed by atoms with van der Waals surface area (Å²) < 4.78 is 13.5. The standard InChI is InChI=1S/C14H10BrClFNO/c15-13-10(5-3-6-11(13)17)14(19)18-12-7-2-1-4-9(12)8-16/h1-7H,8H2,(H,18,19). The van der Waals surface area contributed by atoms with Crippen LogP contribution in [0.5, 0.6) is 0 Å². The minimum absolute atomic E-state index is 0.149. The van der Waals surface area contributed by atoms with E-state index in [4.69, 9.17) is 11.6 Å². The van der Waals surface area contributed by atoms with Gasteiger partial charge in [0.1, 0.15) is 5.82 Å². The van der Waals surface area contributed by atoms with E-state index in [-0.39, 0.29) is 15.9 Å². The lowest BCUT2D eigenvalue weighted by atomic mass is 10.1. The average Bonchev–Trinajstić information content (AvgIpc) is 2.42. The van der Waals surface area contributed by atoms with Gasteiger partial charge in [-0.15, -0.1) is 11.6 Å². The van der Waals surface area contributed by atoms with Crippen LogP contribution in [0.4, 0.5) is 10.1 Å². The number of amides is 1. The zero-order valence-electron chi connectivity index (χ0n) is 9.79. The fraction of sp³-hybridized carbons (Fsp3) is 0.0714. The summed E-state index contributed by atoms with van der Waals surface area (Å²) in [5, 5.41) is 2.73. The van der Waals surface area contributed by atoms with Gasteiger partial charge in [-0.2, -0.15) is 0 Å². The Morgan fingerprint density at radius 2 is 1.95 bits per heavy atom. The summed E-state index contributed by atoms with van der Waals surface area (Å²) in [6.45, 7) is 0. The first-order valence-corrected chi connectivity index (χ1v) is 6.85. The molecule has 0 radical (unpaired) electrons. The third-order valence-corrected chi connectivity index (χ3v) is 3.70. The molecule has 2 nitrogen and oxygen atoms in total. The van der Waals surface area contributed by atoms with E-state index in [0.29, 0.717) is 11.6 Å². The van der Waals surface area contributed by atoms with Crippen LogP contribution in [-0.4, -0.2) is 5.91 Å². The Labute approximate surface area is 123 Å². The summed E-state index contributed by atoms with van der Waals surface area (Å²) in [5.41, 5.74) is 1.67. The van der Waals surface area contributed by atoms with Gasteiger partial charge in [0.15, 0.2) is 0 Å². The molecular formula is C14H10BrClFNO. The summed E-state index contributed by atoms with van der Waals surface area (Å²) in [4.78, 5) is 12.1. The molecule has 98 valence electrons. The molecule has 0 bridgehead atoms. The van der Waals surface area contributed by atoms with Crippen LogP contribution in [0.25, 0.3) is 0 Å². The Bertz CT molecular complexity index is 618. The van der Waals surface area contributed by atoms with Crippen LogP contribution < -0.4 is 5.32 Å². The Kier molecular flexibility index (Phi) is 4.56. The molecule has 0 atom stereocenters. The fourth-order valence-corrected chi connectivity index (χ4v) is 2.31. The van der Waals surface area contributed by atoms with Crippen molar-refractivity contribution in [2.75, 3.05) is 5.32 Å². The highest BCUT2D eigenvalue weighted by Gasteiger charge is 2.14. The van der Waals surface area contributed by atoms with E-state index < -0.39 is 5.82 Å². The molecule has 0 saturated carbocycles. The molecule has 0 aliphatic carbocycles. The summed E-state index contributed by atoms with van der Waals surface area (Å²) >= 11 is 8.87. The van der Waals surface area contributed by atoms with Crippen molar-refractivity contribution in [3.63, 3.8) is 0 Å². The SMILES string of the molecule is O=C(Nc1ccccc1CCl)c1cccc(F)c1Br. The lowest BCUT2D eigenvalue weighted by molar-refractivity contribution is 0.102. The first-order valence-electron chi connectivity index (χ1n) is 5.52. The van der Waals surface area contributed by atoms with E-state index in [2.05, 4.69) is 21.2 Å². The van der Waals surface area contributed by atoms with Crippen LogP contribution in [0.1, 0.15) is 15.9 Å². The van der Waals surface area contributed by atoms with Gasteiger partial charge in [-0.1, -0.05) is 24.3 Å². The maximum Gasteiger partial charge on any atom is 0.256 e. The molecular weight excluding hydrogens is 333 g/mol. The Morgan fingerprint density at radius 1 is 1.21 bits per heavy atom. The number of benzene rings is 2. The molecule has 19 heavy (non-hydrogen) atoms. The van der Waals surface area contributed by atoms with E-state index in [1.807, 2.05) is 12.1 Å². The molecule has 0 saturated heterocycles. The van der Waals surface area contributed by atoms with Crippen molar-refractivity contribution in [2.45, 2.75) is 5.88 Å². The van der Waals surface area contributed by atoms with Crippen molar-refractivity contribution < 1.29 is 9.18 Å². The molecule has 0 spiro atoms. The van der Waals surface area contributed by atoms with Crippen molar-refractivity contribution in [1.29, 1.82) is 0 Å². The number of anilines is 1. The first kappa shape index (κ1) is 14.0. The number of para-hydroxylation sites is 1. The van der Waals surface area contributed by atoms with Crippen LogP contribution in [0.3, 0.4) is 0 Å². The zero-order chi connectivity index (χ0) is 13.8. The van der Waals surface area contributed by atoms with E-state index in [1.54, 1.807) is 18.2 Å². The lowest BCUT2D eigenvalue weighted by Crippen LogP contribution is -2.14. The van der Waals surface area contributed by atoms with Gasteiger partial charge in [0.05, 0.1) is 10.0 Å². The van der Waals surface area contributed by atoms with Gasteiger partial charge in [-0.25, -0.2) is 4.39 Å². The van der Waals surface area contributed by atoms with Crippen LogP contribution in [0.2, 0.25) is 0 Å². The third kappa shape index (κ3) is 3.14. The van der Waals surface area contributed by atoms with Crippen LogP contribution in [0, 0.1) is 5.82 Å². The van der Waals surface area contributed by atoms with Gasteiger partial charge in [0.25, 0.3) is 5.91 Å². The van der Waals surface area contributed by atoms with Crippen LogP contribution >= 0.6 is 27.5 Å². The molecule has 5 heteroatoms. The molecule has 0 aliphatic heterocycles. The predicted molar refractivity (Wildman–Crippen MR) is 78.1 cm³/mol. The second kappa shape index (κ2) is 6.17. The van der Waals surface area contributed by atoms with Gasteiger partial charge >= 0.3 is 0 Å². The number of carbonyl (C=O) groups excluding carboxylic acids is 1. The predicted octanol–water partition coefficient (Wildman–Crippen LogP) is 4.58. The second-order valence-electron chi connectivity index (χ2n) is 3.85. The Balaban J connectivity index is 2.28. The van der Waals surface area contributed by atoms with E-state index in [1.165, 1.54) is 12.1 Å². The quantitative estimate of drug-likeness (QED) is 0.813. The van der Waals surface area contributed by atoms with Gasteiger partial charge in [-0.05, 0) is 39.7 Å². The highest BCUT2D eigenvalue weighted by Crippen LogP contribution is 2.23. The molecule has 2 rings (SSSR count). The minimum atomic E-state index is -0.474. The number of hydrogen-bond acceptors (Lipinski definition) is 1. The molecule has 0 unspecified atom stereocenters. The van der Waals surface area contributed by atoms with Crippen molar-refractivity contribution in [1.82, 2.24) is 0 Å². The number of halogens is 3.